The summed E-state index contributed by atoms with van der Waals surface area (Å²) in [6, 6.07) is 8.17. The van der Waals surface area contributed by atoms with Crippen molar-refractivity contribution in [2.75, 3.05) is 46.3 Å². The van der Waals surface area contributed by atoms with E-state index in [-0.39, 0.29) is 5.91 Å². The number of amides is 1. The van der Waals surface area contributed by atoms with Crippen LogP contribution in [-0.4, -0.2) is 73.0 Å². The number of hydrogen-bond donors (Lipinski definition) is 0. The summed E-state index contributed by atoms with van der Waals surface area (Å²) in [5.74, 6) is 0.137. The fraction of sp³-hybridized carbons (Fsp3) is 0.571. The van der Waals surface area contributed by atoms with Crippen LogP contribution in [0, 0.1) is 0 Å². The van der Waals surface area contributed by atoms with Crippen LogP contribution in [0.3, 0.4) is 0 Å². The first kappa shape index (κ1) is 17.6. The third-order valence-corrected chi connectivity index (χ3v) is 5.97. The van der Waals surface area contributed by atoms with Crippen molar-refractivity contribution < 1.29 is 9.21 Å². The number of para-hydroxylation sites is 1. The summed E-state index contributed by atoms with van der Waals surface area (Å²) in [6.07, 6.45) is 6.16. The van der Waals surface area contributed by atoms with Gasteiger partial charge in [-0.2, -0.15) is 0 Å². The Bertz CT molecular complexity index is 749. The molecule has 26 heavy (non-hydrogen) atoms. The molecule has 1 amide bonds. The highest BCUT2D eigenvalue weighted by atomic mass is 16.3. The summed E-state index contributed by atoms with van der Waals surface area (Å²) in [4.78, 5) is 20.3. The smallest absolute Gasteiger partial charge is 0.257 e. The quantitative estimate of drug-likeness (QED) is 0.845. The largest absolute Gasteiger partial charge is 0.463 e. The Kier molecular flexibility index (Phi) is 5.27. The zero-order valence-electron chi connectivity index (χ0n) is 15.7. The molecular weight excluding hydrogens is 326 g/mol. The zero-order valence-corrected chi connectivity index (χ0v) is 15.7. The molecule has 140 valence electrons. The molecule has 1 aromatic heterocycles. The maximum Gasteiger partial charge on any atom is 0.257 e. The average molecular weight is 355 g/mol. The highest BCUT2D eigenvalue weighted by Crippen LogP contribution is 2.27. The number of piperazine rings is 1. The predicted molar refractivity (Wildman–Crippen MR) is 103 cm³/mol. The van der Waals surface area contributed by atoms with E-state index in [4.69, 9.17) is 4.42 Å². The summed E-state index contributed by atoms with van der Waals surface area (Å²) >= 11 is 0. The van der Waals surface area contributed by atoms with Gasteiger partial charge in [0.05, 0.1) is 5.56 Å². The molecule has 2 aromatic rings. The Morgan fingerprint density at radius 3 is 2.77 bits per heavy atom. The molecule has 0 radical (unpaired) electrons. The van der Waals surface area contributed by atoms with Gasteiger partial charge < -0.3 is 19.1 Å². The number of nitrogens with zero attached hydrogens (tertiary/aromatic N) is 3. The summed E-state index contributed by atoms with van der Waals surface area (Å²) in [7, 11) is 2.19. The van der Waals surface area contributed by atoms with E-state index in [1.54, 1.807) is 6.26 Å². The van der Waals surface area contributed by atoms with Crippen molar-refractivity contribution in [3.63, 3.8) is 0 Å². The molecule has 2 fully saturated rings. The summed E-state index contributed by atoms with van der Waals surface area (Å²) in [6.45, 7) is 6.54. The number of likely N-dealkylation sites (tertiary alicyclic amines) is 1. The first-order valence-electron chi connectivity index (χ1n) is 9.90. The SMILES string of the molecule is CN1CCN(CC[C@H]2CCCCN2C(=O)c2coc3ccccc23)CC1. The molecule has 5 heteroatoms. The number of carbonyl (C=O) groups excluding carboxylic acids is 1. The third kappa shape index (κ3) is 3.64. The predicted octanol–water partition coefficient (Wildman–Crippen LogP) is 3.07. The van der Waals surface area contributed by atoms with Crippen molar-refractivity contribution in [2.45, 2.75) is 31.7 Å². The standard InChI is InChI=1S/C21H29N3O2/c1-22-12-14-23(15-13-22)11-9-17-6-4-5-10-24(17)21(25)19-16-26-20-8-3-2-7-18(19)20/h2-3,7-8,16-17H,4-6,9-15H2,1H3/t17-/m1/s1. The van der Waals surface area contributed by atoms with Gasteiger partial charge in [0, 0.05) is 50.7 Å². The van der Waals surface area contributed by atoms with Crippen LogP contribution in [-0.2, 0) is 0 Å². The van der Waals surface area contributed by atoms with E-state index >= 15 is 0 Å². The number of furan rings is 1. The lowest BCUT2D eigenvalue weighted by atomic mass is 9.97. The first-order valence-corrected chi connectivity index (χ1v) is 9.90. The number of piperidine rings is 1. The van der Waals surface area contributed by atoms with Crippen molar-refractivity contribution in [1.29, 1.82) is 0 Å². The van der Waals surface area contributed by atoms with Crippen LogP contribution in [0.15, 0.2) is 34.9 Å². The molecule has 4 rings (SSSR count). The lowest BCUT2D eigenvalue weighted by Crippen LogP contribution is -2.48. The lowest BCUT2D eigenvalue weighted by molar-refractivity contribution is 0.0571. The van der Waals surface area contributed by atoms with Gasteiger partial charge >= 0.3 is 0 Å². The normalized spacial score (nSPS) is 22.8. The molecule has 0 spiro atoms. The van der Waals surface area contributed by atoms with Gasteiger partial charge in [-0.15, -0.1) is 0 Å². The van der Waals surface area contributed by atoms with Crippen molar-refractivity contribution >= 4 is 16.9 Å². The fourth-order valence-electron chi connectivity index (χ4n) is 4.27. The van der Waals surface area contributed by atoms with Crippen LogP contribution in [0.2, 0.25) is 0 Å². The molecule has 2 aliphatic rings. The molecule has 0 aliphatic carbocycles. The second-order valence-electron chi connectivity index (χ2n) is 7.73. The first-order chi connectivity index (χ1) is 12.7. The second kappa shape index (κ2) is 7.80. The van der Waals surface area contributed by atoms with Gasteiger partial charge in [-0.3, -0.25) is 4.79 Å². The summed E-state index contributed by atoms with van der Waals surface area (Å²) < 4.78 is 5.60. The molecule has 0 N–H and O–H groups in total. The monoisotopic (exact) mass is 355 g/mol. The van der Waals surface area contributed by atoms with E-state index in [1.807, 2.05) is 24.3 Å². The summed E-state index contributed by atoms with van der Waals surface area (Å²) in [5.41, 5.74) is 1.51. The Morgan fingerprint density at radius 2 is 1.92 bits per heavy atom. The maximum absolute atomic E-state index is 13.2. The molecule has 3 heterocycles. The van der Waals surface area contributed by atoms with Gasteiger partial charge in [0.15, 0.2) is 0 Å². The number of hydrogen-bond acceptors (Lipinski definition) is 4. The van der Waals surface area contributed by atoms with Crippen molar-refractivity contribution in [3.05, 3.63) is 36.1 Å². The number of likely N-dealkylation sites (N-methyl/N-ethyl adjacent to an activating group) is 1. The van der Waals surface area contributed by atoms with Crippen molar-refractivity contribution in [1.82, 2.24) is 14.7 Å². The second-order valence-corrected chi connectivity index (χ2v) is 7.73. The van der Waals surface area contributed by atoms with Crippen LogP contribution < -0.4 is 0 Å². The minimum atomic E-state index is 0.137. The Hall–Kier alpha value is -1.85. The topological polar surface area (TPSA) is 39.9 Å². The molecular formula is C21H29N3O2. The molecule has 5 nitrogen and oxygen atoms in total. The highest BCUT2D eigenvalue weighted by molar-refractivity contribution is 6.06. The Balaban J connectivity index is 1.44. The van der Waals surface area contributed by atoms with E-state index in [0.717, 1.165) is 69.5 Å². The molecule has 2 aliphatic heterocycles. The third-order valence-electron chi connectivity index (χ3n) is 5.97. The van der Waals surface area contributed by atoms with Gasteiger partial charge in [-0.1, -0.05) is 18.2 Å². The molecule has 0 bridgehead atoms. The minimum absolute atomic E-state index is 0.137. The van der Waals surface area contributed by atoms with E-state index in [9.17, 15) is 4.79 Å². The Labute approximate surface area is 155 Å². The summed E-state index contributed by atoms with van der Waals surface area (Å²) in [5, 5.41) is 0.931. The van der Waals surface area contributed by atoms with Crippen LogP contribution >= 0.6 is 0 Å². The van der Waals surface area contributed by atoms with Gasteiger partial charge in [-0.05, 0) is 38.8 Å². The molecule has 1 atom stereocenters. The number of carbonyl (C=O) groups is 1. The molecule has 0 saturated carbocycles. The van der Waals surface area contributed by atoms with Gasteiger partial charge in [0.1, 0.15) is 11.8 Å². The average Bonchev–Trinajstić information content (AvgIpc) is 3.11. The van der Waals surface area contributed by atoms with Gasteiger partial charge in [0.2, 0.25) is 0 Å². The number of rotatable bonds is 4. The van der Waals surface area contributed by atoms with Crippen LogP contribution in [0.25, 0.3) is 11.0 Å². The minimum Gasteiger partial charge on any atom is -0.463 e. The van der Waals surface area contributed by atoms with Crippen molar-refractivity contribution in [2.24, 2.45) is 0 Å². The maximum atomic E-state index is 13.2. The van der Waals surface area contributed by atoms with E-state index < -0.39 is 0 Å². The highest BCUT2D eigenvalue weighted by Gasteiger charge is 2.29. The Morgan fingerprint density at radius 1 is 1.12 bits per heavy atom. The van der Waals surface area contributed by atoms with E-state index in [2.05, 4.69) is 21.7 Å². The molecule has 2 saturated heterocycles. The zero-order chi connectivity index (χ0) is 17.9. The van der Waals surface area contributed by atoms with Crippen LogP contribution in [0.1, 0.15) is 36.0 Å². The lowest BCUT2D eigenvalue weighted by Gasteiger charge is -2.38. The fourth-order valence-corrected chi connectivity index (χ4v) is 4.27. The molecule has 1 aromatic carbocycles. The van der Waals surface area contributed by atoms with E-state index in [0.29, 0.717) is 11.6 Å². The van der Waals surface area contributed by atoms with Crippen molar-refractivity contribution in [3.8, 4) is 0 Å². The number of benzene rings is 1. The van der Waals surface area contributed by atoms with Crippen LogP contribution in [0.5, 0.6) is 0 Å². The van der Waals surface area contributed by atoms with Gasteiger partial charge in [-0.25, -0.2) is 0 Å². The van der Waals surface area contributed by atoms with Gasteiger partial charge in [0.25, 0.3) is 5.91 Å². The number of fused-ring (bicyclic) bond motifs is 1. The van der Waals surface area contributed by atoms with Crippen LogP contribution in [0.4, 0.5) is 0 Å². The molecule has 0 unspecified atom stereocenters. The van der Waals surface area contributed by atoms with E-state index in [1.165, 1.54) is 6.42 Å².